The van der Waals surface area contributed by atoms with E-state index >= 15 is 4.39 Å². The number of hydrogen-bond acceptors (Lipinski definition) is 11. The summed E-state index contributed by atoms with van der Waals surface area (Å²) >= 11 is 6.15. The van der Waals surface area contributed by atoms with Gasteiger partial charge in [-0.15, -0.1) is 11.6 Å². The fourth-order valence-electron chi connectivity index (χ4n) is 3.80. The maximum absolute atomic E-state index is 15.8. The van der Waals surface area contributed by atoms with Crippen LogP contribution in [0.25, 0.3) is 11.2 Å². The Balaban J connectivity index is 1.61. The van der Waals surface area contributed by atoms with Crippen LogP contribution in [0.4, 0.5) is 16.2 Å². The molecule has 2 fully saturated rings. The van der Waals surface area contributed by atoms with Crippen LogP contribution in [-0.4, -0.2) is 75.0 Å². The van der Waals surface area contributed by atoms with Gasteiger partial charge in [0, 0.05) is 7.05 Å². The van der Waals surface area contributed by atoms with E-state index < -0.39 is 43.9 Å². The Hall–Kier alpha value is -2.09. The molecule has 4 N–H and O–H groups in total. The van der Waals surface area contributed by atoms with Crippen molar-refractivity contribution in [1.29, 1.82) is 0 Å². The number of halogens is 2. The number of carbonyl (C=O) groups excluding carboxylic acids is 1. The molecule has 0 amide bonds. The van der Waals surface area contributed by atoms with Gasteiger partial charge in [-0.05, 0) is 20.8 Å². The molecule has 0 radical (unpaired) electrons. The molecule has 2 aliphatic rings. The number of anilines is 2. The fourth-order valence-corrected chi connectivity index (χ4v) is 5.86. The normalized spacial score (nSPS) is 32.0. The largest absolute Gasteiger partial charge is 0.462 e. The van der Waals surface area contributed by atoms with Gasteiger partial charge < -0.3 is 20.5 Å². The molecule has 188 valence electrons. The molecule has 0 aromatic carbocycles. The second-order valence-electron chi connectivity index (χ2n) is 8.29. The van der Waals surface area contributed by atoms with Gasteiger partial charge >= 0.3 is 13.7 Å². The minimum atomic E-state index is -4.11. The number of nitrogens with zero attached hydrogens (tertiary/aromatic N) is 4. The number of esters is 1. The zero-order chi connectivity index (χ0) is 24.8. The van der Waals surface area contributed by atoms with Crippen molar-refractivity contribution in [1.82, 2.24) is 24.6 Å². The van der Waals surface area contributed by atoms with Crippen LogP contribution in [-0.2, 0) is 27.9 Å². The van der Waals surface area contributed by atoms with Crippen LogP contribution in [0.2, 0.25) is 0 Å². The highest BCUT2D eigenvalue weighted by molar-refractivity contribution is 7.51. The molecule has 4 rings (SSSR count). The maximum atomic E-state index is 15.8. The van der Waals surface area contributed by atoms with Crippen LogP contribution in [0.5, 0.6) is 0 Å². The summed E-state index contributed by atoms with van der Waals surface area (Å²) in [5.74, 6) is -0.571. The van der Waals surface area contributed by atoms with Crippen molar-refractivity contribution in [2.24, 2.45) is 0 Å². The van der Waals surface area contributed by atoms with Gasteiger partial charge in [0.2, 0.25) is 5.95 Å². The Morgan fingerprint density at radius 1 is 1.47 bits per heavy atom. The molecule has 0 bridgehead atoms. The van der Waals surface area contributed by atoms with Crippen molar-refractivity contribution in [3.63, 3.8) is 0 Å². The van der Waals surface area contributed by atoms with Gasteiger partial charge in [-0.25, -0.2) is 19.0 Å². The van der Waals surface area contributed by atoms with Crippen molar-refractivity contribution in [3.05, 3.63) is 6.33 Å². The summed E-state index contributed by atoms with van der Waals surface area (Å²) < 4.78 is 52.4. The Morgan fingerprint density at radius 2 is 2.21 bits per heavy atom. The Kier molecular flexibility index (Phi) is 6.75. The number of hydrogen-bond donors (Lipinski definition) is 3. The van der Waals surface area contributed by atoms with E-state index in [1.165, 1.54) is 17.8 Å². The predicted molar refractivity (Wildman–Crippen MR) is 120 cm³/mol. The van der Waals surface area contributed by atoms with Crippen molar-refractivity contribution < 1.29 is 32.3 Å². The van der Waals surface area contributed by atoms with Gasteiger partial charge in [-0.3, -0.25) is 18.4 Å². The quantitative estimate of drug-likeness (QED) is 0.275. The molecule has 13 nitrogen and oxygen atoms in total. The van der Waals surface area contributed by atoms with Gasteiger partial charge in [0.1, 0.15) is 17.7 Å². The first-order chi connectivity index (χ1) is 16.0. The van der Waals surface area contributed by atoms with Crippen LogP contribution in [0.3, 0.4) is 0 Å². The summed E-state index contributed by atoms with van der Waals surface area (Å²) in [5.41, 5.74) is 4.90. The molecule has 0 spiro atoms. The topological polar surface area (TPSA) is 165 Å². The average Bonchev–Trinajstić information content (AvgIpc) is 3.31. The smallest absolute Gasteiger partial charge is 0.406 e. The van der Waals surface area contributed by atoms with Gasteiger partial charge in [0.25, 0.3) is 0 Å². The molecular formula is C18H26ClFN7O6P. The number of nitrogens with two attached hydrogens (primary N) is 1. The van der Waals surface area contributed by atoms with Crippen LogP contribution in [0.1, 0.15) is 27.0 Å². The van der Waals surface area contributed by atoms with Crippen LogP contribution in [0, 0.1) is 0 Å². The third kappa shape index (κ3) is 4.34. The van der Waals surface area contributed by atoms with Crippen molar-refractivity contribution in [3.8, 4) is 0 Å². The Morgan fingerprint density at radius 3 is 2.85 bits per heavy atom. The van der Waals surface area contributed by atoms with E-state index in [1.54, 1.807) is 20.9 Å². The molecule has 1 unspecified atom stereocenters. The molecule has 16 heteroatoms. The first kappa shape index (κ1) is 25.0. The number of rotatable bonds is 7. The molecule has 0 saturated carbocycles. The number of alkyl halides is 2. The molecular weight excluding hydrogens is 496 g/mol. The lowest BCUT2D eigenvalue weighted by atomic mass is 9.99. The third-order valence-corrected chi connectivity index (χ3v) is 7.53. The van der Waals surface area contributed by atoms with Crippen molar-refractivity contribution in [2.75, 3.05) is 30.6 Å². The number of nitrogen functional groups attached to an aromatic ring is 1. The molecule has 34 heavy (non-hydrogen) atoms. The van der Waals surface area contributed by atoms with Crippen LogP contribution < -0.4 is 16.1 Å². The first-order valence-corrected chi connectivity index (χ1v) is 12.6. The minimum absolute atomic E-state index is 0.0490. The number of imidazole rings is 1. The van der Waals surface area contributed by atoms with E-state index in [-0.39, 0.29) is 30.2 Å². The summed E-state index contributed by atoms with van der Waals surface area (Å²) in [5, 5.41) is 5.34. The number of carbonyl (C=O) groups is 1. The zero-order valence-electron chi connectivity index (χ0n) is 18.9. The first-order valence-electron chi connectivity index (χ1n) is 10.5. The van der Waals surface area contributed by atoms with E-state index in [0.29, 0.717) is 11.3 Å². The molecule has 2 aromatic heterocycles. The zero-order valence-corrected chi connectivity index (χ0v) is 20.5. The highest BCUT2D eigenvalue weighted by Gasteiger charge is 2.63. The van der Waals surface area contributed by atoms with Gasteiger partial charge in [-0.1, -0.05) is 0 Å². The van der Waals surface area contributed by atoms with E-state index in [4.69, 9.17) is 35.9 Å². The average molecular weight is 522 g/mol. The summed E-state index contributed by atoms with van der Waals surface area (Å²) in [6, 6.07) is -1.04. The van der Waals surface area contributed by atoms with E-state index in [9.17, 15) is 9.36 Å². The molecule has 2 aromatic rings. The summed E-state index contributed by atoms with van der Waals surface area (Å²) in [7, 11) is -2.48. The third-order valence-electron chi connectivity index (χ3n) is 5.40. The second kappa shape index (κ2) is 9.17. The predicted octanol–water partition coefficient (Wildman–Crippen LogP) is 1.75. The molecule has 6 atom stereocenters. The lowest BCUT2D eigenvalue weighted by Gasteiger charge is -2.39. The standard InChI is InChI=1S/C18H26ClFN7O6P/c1-8(2)31-16(28)9(3)26-34(29)30-6-18(5-19)12(33-34)10(20)15(32-18)27-7-23-11-13(22-4)24-17(21)25-14(11)27/h7-10,12,15H,5-6H2,1-4H3,(H,26,29)(H3,21,22,24,25)/t9-,10+,12-,15+,18+,34?/m0/s1. The SMILES string of the molecule is CNc1nc(N)nc2c1ncn2[C@@H]1O[C@]2(CCl)COP(=O)(N[C@@H](C)C(=O)OC(C)C)O[C@H]2[C@H]1F. The Bertz CT molecular complexity index is 1140. The Labute approximate surface area is 199 Å². The number of nitrogens with one attached hydrogen (secondary N) is 2. The minimum Gasteiger partial charge on any atom is -0.462 e. The highest BCUT2D eigenvalue weighted by Crippen LogP contribution is 2.57. The number of aromatic nitrogens is 4. The summed E-state index contributed by atoms with van der Waals surface area (Å²) in [4.78, 5) is 24.6. The lowest BCUT2D eigenvalue weighted by molar-refractivity contribution is -0.149. The fraction of sp³-hybridized carbons (Fsp3) is 0.667. The second-order valence-corrected chi connectivity index (χ2v) is 10.3. The van der Waals surface area contributed by atoms with Gasteiger partial charge in [0.15, 0.2) is 29.4 Å². The highest BCUT2D eigenvalue weighted by atomic mass is 35.5. The number of fused-ring (bicyclic) bond motifs is 2. The van der Waals surface area contributed by atoms with E-state index in [0.717, 1.165) is 0 Å². The molecule has 2 aliphatic heterocycles. The van der Waals surface area contributed by atoms with Crippen LogP contribution in [0.15, 0.2) is 6.33 Å². The van der Waals surface area contributed by atoms with E-state index in [2.05, 4.69) is 25.4 Å². The van der Waals surface area contributed by atoms with Crippen LogP contribution >= 0.6 is 19.3 Å². The number of ether oxygens (including phenoxy) is 2. The monoisotopic (exact) mass is 521 g/mol. The summed E-state index contributed by atoms with van der Waals surface area (Å²) in [6.45, 7) is 4.44. The van der Waals surface area contributed by atoms with Gasteiger partial charge in [0.05, 0.1) is 24.9 Å². The molecule has 2 saturated heterocycles. The molecule has 4 heterocycles. The lowest BCUT2D eigenvalue weighted by Crippen LogP contribution is -2.53. The maximum Gasteiger partial charge on any atom is 0.406 e. The van der Waals surface area contributed by atoms with Crippen molar-refractivity contribution >= 4 is 48.2 Å². The van der Waals surface area contributed by atoms with Gasteiger partial charge in [-0.2, -0.15) is 9.97 Å². The van der Waals surface area contributed by atoms with Crippen molar-refractivity contribution in [2.45, 2.75) is 57.0 Å². The van der Waals surface area contributed by atoms with E-state index in [1.807, 2.05) is 0 Å². The molecule has 0 aliphatic carbocycles. The summed E-state index contributed by atoms with van der Waals surface area (Å²) in [6.07, 6.45) is -3.55.